The molecule has 0 atom stereocenters. The van der Waals surface area contributed by atoms with Crippen LogP contribution in [0, 0.1) is 6.92 Å². The van der Waals surface area contributed by atoms with Crippen molar-refractivity contribution in [3.8, 4) is 0 Å². The van der Waals surface area contributed by atoms with E-state index in [4.69, 9.17) is 0 Å². The van der Waals surface area contributed by atoms with Crippen LogP contribution in [-0.4, -0.2) is 33.6 Å². The molecule has 3 aromatic rings. The second kappa shape index (κ2) is 7.39. The summed E-state index contributed by atoms with van der Waals surface area (Å²) >= 11 is 0. The molecule has 0 spiro atoms. The lowest BCUT2D eigenvalue weighted by molar-refractivity contribution is -0.120. The summed E-state index contributed by atoms with van der Waals surface area (Å²) in [6, 6.07) is 11.8. The molecule has 0 bridgehead atoms. The molecule has 1 aromatic carbocycles. The van der Waals surface area contributed by atoms with Crippen LogP contribution in [0.2, 0.25) is 0 Å². The average molecular weight is 365 g/mol. The van der Waals surface area contributed by atoms with Crippen molar-refractivity contribution >= 4 is 23.2 Å². The number of aryl methyl sites for hydroxylation is 1. The number of hydrogen-bond donors (Lipinski definition) is 1. The first-order valence-corrected chi connectivity index (χ1v) is 9.35. The molecule has 0 aliphatic carbocycles. The number of carbonyl (C=O) groups is 1. The van der Waals surface area contributed by atoms with Gasteiger partial charge in [0.1, 0.15) is 0 Å². The molecule has 1 amide bonds. The van der Waals surface area contributed by atoms with E-state index in [0.717, 1.165) is 35.6 Å². The molecule has 6 heteroatoms. The Bertz CT molecular complexity index is 942. The van der Waals surface area contributed by atoms with Crippen LogP contribution in [0.4, 0.5) is 11.6 Å². The van der Waals surface area contributed by atoms with Gasteiger partial charge >= 0.3 is 0 Å². The minimum absolute atomic E-state index is 0.133. The highest BCUT2D eigenvalue weighted by Gasteiger charge is 2.30. The van der Waals surface area contributed by atoms with Gasteiger partial charge in [-0.25, -0.2) is 4.52 Å². The number of pyridine rings is 1. The van der Waals surface area contributed by atoms with E-state index in [1.165, 1.54) is 0 Å². The molecule has 1 N–H and O–H groups in total. The van der Waals surface area contributed by atoms with E-state index >= 15 is 0 Å². The van der Waals surface area contributed by atoms with Crippen molar-refractivity contribution in [2.75, 3.05) is 23.3 Å². The smallest absolute Gasteiger partial charge is 0.249 e. The molecule has 2 heterocycles. The Balaban J connectivity index is 1.89. The molecule has 0 saturated carbocycles. The number of nitrogens with one attached hydrogen (secondary N) is 1. The standard InChI is InChI=1S/C21H27N5O/c1-6-25(7-2)17-13-15(3)18-22-20(24-26(18)14-17)23-19(27)21(4,5)16-11-9-8-10-12-16/h8-14H,6-7H2,1-5H3,(H,23,24,27). The van der Waals surface area contributed by atoms with Gasteiger partial charge in [0, 0.05) is 13.1 Å². The quantitative estimate of drug-likeness (QED) is 0.722. The molecule has 0 aliphatic rings. The molecule has 0 unspecified atom stereocenters. The highest BCUT2D eigenvalue weighted by molar-refractivity contribution is 5.97. The van der Waals surface area contributed by atoms with Crippen LogP contribution in [-0.2, 0) is 10.2 Å². The molecule has 142 valence electrons. The molecule has 6 nitrogen and oxygen atoms in total. The fourth-order valence-corrected chi connectivity index (χ4v) is 3.19. The number of amides is 1. The van der Waals surface area contributed by atoms with Crippen molar-refractivity contribution in [3.05, 3.63) is 53.7 Å². The summed E-state index contributed by atoms with van der Waals surface area (Å²) in [4.78, 5) is 19.6. The van der Waals surface area contributed by atoms with Gasteiger partial charge in [-0.3, -0.25) is 10.1 Å². The SMILES string of the molecule is CCN(CC)c1cc(C)c2nc(NC(=O)C(C)(C)c3ccccc3)nn2c1. The van der Waals surface area contributed by atoms with Gasteiger partial charge in [-0.05, 0) is 51.8 Å². The molecular formula is C21H27N5O. The zero-order valence-electron chi connectivity index (χ0n) is 16.7. The minimum atomic E-state index is -0.680. The highest BCUT2D eigenvalue weighted by Crippen LogP contribution is 2.25. The fraction of sp³-hybridized carbons (Fsp3) is 0.381. The minimum Gasteiger partial charge on any atom is -0.371 e. The number of carbonyl (C=O) groups excluding carboxylic acids is 1. The second-order valence-electron chi connectivity index (χ2n) is 7.20. The third-order valence-corrected chi connectivity index (χ3v) is 5.02. The van der Waals surface area contributed by atoms with Gasteiger partial charge in [-0.1, -0.05) is 30.3 Å². The number of hydrogen-bond acceptors (Lipinski definition) is 4. The van der Waals surface area contributed by atoms with E-state index in [9.17, 15) is 4.79 Å². The van der Waals surface area contributed by atoms with Crippen LogP contribution in [0.15, 0.2) is 42.6 Å². The molecule has 0 fully saturated rings. The normalized spacial score (nSPS) is 11.6. The lowest BCUT2D eigenvalue weighted by Gasteiger charge is -2.23. The molecule has 0 aliphatic heterocycles. The van der Waals surface area contributed by atoms with Gasteiger partial charge in [0.2, 0.25) is 11.9 Å². The van der Waals surface area contributed by atoms with Crippen LogP contribution in [0.5, 0.6) is 0 Å². The van der Waals surface area contributed by atoms with Gasteiger partial charge < -0.3 is 4.90 Å². The maximum Gasteiger partial charge on any atom is 0.249 e. The first-order chi connectivity index (χ1) is 12.9. The highest BCUT2D eigenvalue weighted by atomic mass is 16.2. The lowest BCUT2D eigenvalue weighted by atomic mass is 9.84. The van der Waals surface area contributed by atoms with Crippen LogP contribution >= 0.6 is 0 Å². The topological polar surface area (TPSA) is 62.5 Å². The molecule has 27 heavy (non-hydrogen) atoms. The van der Waals surface area contributed by atoms with Crippen molar-refractivity contribution < 1.29 is 4.79 Å². The zero-order chi connectivity index (χ0) is 19.6. The van der Waals surface area contributed by atoms with E-state index < -0.39 is 5.41 Å². The lowest BCUT2D eigenvalue weighted by Crippen LogP contribution is -2.35. The van der Waals surface area contributed by atoms with Crippen molar-refractivity contribution in [1.29, 1.82) is 0 Å². The van der Waals surface area contributed by atoms with Gasteiger partial charge in [0.25, 0.3) is 0 Å². The van der Waals surface area contributed by atoms with Crippen molar-refractivity contribution in [2.45, 2.75) is 40.0 Å². The van der Waals surface area contributed by atoms with Gasteiger partial charge in [-0.15, -0.1) is 5.10 Å². The predicted molar refractivity (Wildman–Crippen MR) is 109 cm³/mol. The third kappa shape index (κ3) is 3.65. The monoisotopic (exact) mass is 365 g/mol. The van der Waals surface area contributed by atoms with Crippen LogP contribution in [0.3, 0.4) is 0 Å². The summed E-state index contributed by atoms with van der Waals surface area (Å²) in [6.07, 6.45) is 1.96. The number of aromatic nitrogens is 3. The average Bonchev–Trinajstić information content (AvgIpc) is 3.06. The molecule has 0 saturated heterocycles. The molecular weight excluding hydrogens is 338 g/mol. The summed E-state index contributed by atoms with van der Waals surface area (Å²) in [5.41, 5.74) is 3.14. The van der Waals surface area contributed by atoms with Gasteiger partial charge in [-0.2, -0.15) is 4.98 Å². The molecule has 2 aromatic heterocycles. The Hall–Kier alpha value is -2.89. The Labute approximate surface area is 160 Å². The van der Waals surface area contributed by atoms with E-state index in [2.05, 4.69) is 40.2 Å². The fourth-order valence-electron chi connectivity index (χ4n) is 3.19. The Morgan fingerprint density at radius 2 is 1.85 bits per heavy atom. The summed E-state index contributed by atoms with van der Waals surface area (Å²) in [7, 11) is 0. The van der Waals surface area contributed by atoms with E-state index in [0.29, 0.717) is 5.95 Å². The summed E-state index contributed by atoms with van der Waals surface area (Å²) < 4.78 is 1.74. The maximum atomic E-state index is 12.9. The zero-order valence-corrected chi connectivity index (χ0v) is 16.7. The van der Waals surface area contributed by atoms with Crippen LogP contribution in [0.1, 0.15) is 38.8 Å². The predicted octanol–water partition coefficient (Wildman–Crippen LogP) is 3.80. The number of rotatable bonds is 6. The van der Waals surface area contributed by atoms with Crippen LogP contribution in [0.25, 0.3) is 5.65 Å². The Morgan fingerprint density at radius 3 is 2.48 bits per heavy atom. The summed E-state index contributed by atoms with van der Waals surface area (Å²) in [5.74, 6) is 0.190. The van der Waals surface area contributed by atoms with Gasteiger partial charge in [0.05, 0.1) is 17.3 Å². The molecule has 0 radical (unpaired) electrons. The van der Waals surface area contributed by atoms with E-state index in [1.807, 2.05) is 57.3 Å². The Morgan fingerprint density at radius 1 is 1.19 bits per heavy atom. The summed E-state index contributed by atoms with van der Waals surface area (Å²) in [6.45, 7) is 11.9. The number of anilines is 2. The number of nitrogens with zero attached hydrogens (tertiary/aromatic N) is 4. The number of fused-ring (bicyclic) bond motifs is 1. The Kier molecular flexibility index (Phi) is 5.17. The van der Waals surface area contributed by atoms with Crippen LogP contribution < -0.4 is 10.2 Å². The first kappa shape index (κ1) is 18.9. The second-order valence-corrected chi connectivity index (χ2v) is 7.20. The van der Waals surface area contributed by atoms with E-state index in [-0.39, 0.29) is 5.91 Å². The largest absolute Gasteiger partial charge is 0.371 e. The first-order valence-electron chi connectivity index (χ1n) is 9.35. The van der Waals surface area contributed by atoms with Gasteiger partial charge in [0.15, 0.2) is 5.65 Å². The summed E-state index contributed by atoms with van der Waals surface area (Å²) in [5, 5.41) is 7.36. The van der Waals surface area contributed by atoms with E-state index in [1.54, 1.807) is 4.52 Å². The van der Waals surface area contributed by atoms with Crippen molar-refractivity contribution in [1.82, 2.24) is 14.6 Å². The number of benzene rings is 1. The van der Waals surface area contributed by atoms with Crippen molar-refractivity contribution in [2.24, 2.45) is 0 Å². The van der Waals surface area contributed by atoms with Crippen molar-refractivity contribution in [3.63, 3.8) is 0 Å². The third-order valence-electron chi connectivity index (χ3n) is 5.02. The molecule has 3 rings (SSSR count). The maximum absolute atomic E-state index is 12.9.